The molecule has 0 aliphatic carbocycles. The quantitative estimate of drug-likeness (QED) is 0.186. The minimum atomic E-state index is 0.712. The predicted octanol–water partition coefficient (Wildman–Crippen LogP) is 10.8. The van der Waals surface area contributed by atoms with E-state index < -0.39 is 0 Å². The number of para-hydroxylation sites is 2. The molecular weight excluding hydrogens is 585 g/mol. The van der Waals surface area contributed by atoms with E-state index in [4.69, 9.17) is 9.97 Å². The molecule has 3 heterocycles. The molecule has 0 fully saturated rings. The van der Waals surface area contributed by atoms with E-state index in [0.29, 0.717) is 5.82 Å². The van der Waals surface area contributed by atoms with Crippen LogP contribution in [0.25, 0.3) is 61.6 Å². The topological polar surface area (TPSA) is 34.0 Å². The summed E-state index contributed by atoms with van der Waals surface area (Å²) >= 11 is 0. The summed E-state index contributed by atoms with van der Waals surface area (Å²) in [6, 6.07) is 57.9. The summed E-state index contributed by atoms with van der Waals surface area (Å²) in [6.07, 6.45) is 3.22. The van der Waals surface area contributed by atoms with E-state index in [2.05, 4.69) is 143 Å². The Morgan fingerprint density at radius 1 is 0.458 bits per heavy atom. The lowest BCUT2D eigenvalue weighted by Crippen LogP contribution is -2.13. The summed E-state index contributed by atoms with van der Waals surface area (Å²) in [4.78, 5) is 12.5. The predicted molar refractivity (Wildman–Crippen MR) is 198 cm³/mol. The van der Waals surface area contributed by atoms with Crippen molar-refractivity contribution in [1.29, 1.82) is 0 Å². The average molecular weight is 617 g/mol. The minimum absolute atomic E-state index is 0.712. The van der Waals surface area contributed by atoms with Gasteiger partial charge in [-0.05, 0) is 71.0 Å². The third kappa shape index (κ3) is 5.14. The molecule has 48 heavy (non-hydrogen) atoms. The van der Waals surface area contributed by atoms with Crippen LogP contribution in [0.1, 0.15) is 5.56 Å². The van der Waals surface area contributed by atoms with Gasteiger partial charge in [0, 0.05) is 46.5 Å². The standard InChI is InChI=1S/C44H32N4/c1-3-11-32(12-4-1)40-30-41(33-13-5-2-6-14-33)46-44(45-40)36-21-19-31(20-22-36)37-27-38(47-25-23-34-15-7-9-17-42(34)47)29-39(28-37)48-26-24-35-16-8-10-18-43(35)48/h1-23,25,27-30H,24,26H2. The normalized spacial score (nSPS) is 12.4. The lowest BCUT2D eigenvalue weighted by atomic mass is 10.0. The Balaban J connectivity index is 1.14. The van der Waals surface area contributed by atoms with E-state index in [-0.39, 0.29) is 0 Å². The van der Waals surface area contributed by atoms with Crippen molar-refractivity contribution >= 4 is 22.3 Å². The molecule has 2 aromatic heterocycles. The first-order valence-corrected chi connectivity index (χ1v) is 16.4. The van der Waals surface area contributed by atoms with Gasteiger partial charge in [0.15, 0.2) is 5.82 Å². The fraction of sp³-hybridized carbons (Fsp3) is 0.0455. The van der Waals surface area contributed by atoms with Crippen LogP contribution in [0.4, 0.5) is 11.4 Å². The Kier molecular flexibility index (Phi) is 6.90. The second-order valence-electron chi connectivity index (χ2n) is 12.3. The van der Waals surface area contributed by atoms with Gasteiger partial charge >= 0.3 is 0 Å². The van der Waals surface area contributed by atoms with Gasteiger partial charge in [-0.2, -0.15) is 0 Å². The second kappa shape index (κ2) is 11.8. The lowest BCUT2D eigenvalue weighted by Gasteiger charge is -2.22. The van der Waals surface area contributed by atoms with E-state index in [1.54, 1.807) is 0 Å². The van der Waals surface area contributed by atoms with Crippen molar-refractivity contribution in [2.75, 3.05) is 11.4 Å². The zero-order valence-corrected chi connectivity index (χ0v) is 26.4. The molecule has 1 aliphatic rings. The van der Waals surface area contributed by atoms with Crippen LogP contribution in [0.5, 0.6) is 0 Å². The lowest BCUT2D eigenvalue weighted by molar-refractivity contribution is 0.995. The van der Waals surface area contributed by atoms with Crippen molar-refractivity contribution in [3.8, 4) is 50.7 Å². The van der Waals surface area contributed by atoms with Gasteiger partial charge in [0.05, 0.1) is 16.9 Å². The van der Waals surface area contributed by atoms with Crippen LogP contribution in [0.2, 0.25) is 0 Å². The van der Waals surface area contributed by atoms with E-state index >= 15 is 0 Å². The van der Waals surface area contributed by atoms with E-state index in [1.807, 2.05) is 36.4 Å². The van der Waals surface area contributed by atoms with E-state index in [0.717, 1.165) is 52.3 Å². The highest BCUT2D eigenvalue weighted by atomic mass is 15.2. The summed E-state index contributed by atoms with van der Waals surface area (Å²) in [5, 5.41) is 1.23. The summed E-state index contributed by atoms with van der Waals surface area (Å²) in [5.74, 6) is 0.712. The molecule has 6 aromatic carbocycles. The smallest absolute Gasteiger partial charge is 0.160 e. The van der Waals surface area contributed by atoms with Gasteiger partial charge in [-0.3, -0.25) is 0 Å². The first kappa shape index (κ1) is 28.0. The Hall–Kier alpha value is -6.26. The van der Waals surface area contributed by atoms with Crippen molar-refractivity contribution < 1.29 is 0 Å². The Morgan fingerprint density at radius 2 is 1.08 bits per heavy atom. The van der Waals surface area contributed by atoms with Crippen molar-refractivity contribution in [2.24, 2.45) is 0 Å². The minimum Gasteiger partial charge on any atom is -0.341 e. The molecule has 1 aliphatic heterocycles. The fourth-order valence-corrected chi connectivity index (χ4v) is 6.87. The second-order valence-corrected chi connectivity index (χ2v) is 12.3. The Bertz CT molecular complexity index is 2330. The third-order valence-electron chi connectivity index (χ3n) is 9.32. The maximum absolute atomic E-state index is 5.05. The zero-order chi connectivity index (χ0) is 31.9. The molecule has 0 spiro atoms. The third-order valence-corrected chi connectivity index (χ3v) is 9.32. The van der Waals surface area contributed by atoms with Crippen molar-refractivity contribution in [1.82, 2.24) is 14.5 Å². The molecule has 228 valence electrons. The molecule has 9 rings (SSSR count). The van der Waals surface area contributed by atoms with Crippen LogP contribution < -0.4 is 4.90 Å². The molecule has 4 heteroatoms. The van der Waals surface area contributed by atoms with Gasteiger partial charge in [0.2, 0.25) is 0 Å². The number of anilines is 2. The van der Waals surface area contributed by atoms with Crippen molar-refractivity contribution in [2.45, 2.75) is 6.42 Å². The molecule has 0 saturated heterocycles. The van der Waals surface area contributed by atoms with Crippen LogP contribution in [-0.4, -0.2) is 21.1 Å². The van der Waals surface area contributed by atoms with Crippen LogP contribution in [0.15, 0.2) is 170 Å². The summed E-state index contributed by atoms with van der Waals surface area (Å²) in [5.41, 5.74) is 13.5. The van der Waals surface area contributed by atoms with E-state index in [9.17, 15) is 0 Å². The molecule has 0 saturated carbocycles. The first-order valence-electron chi connectivity index (χ1n) is 16.4. The van der Waals surface area contributed by atoms with Gasteiger partial charge in [-0.15, -0.1) is 0 Å². The molecule has 0 amide bonds. The molecule has 0 N–H and O–H groups in total. The van der Waals surface area contributed by atoms with Crippen LogP contribution in [-0.2, 0) is 6.42 Å². The van der Waals surface area contributed by atoms with Crippen LogP contribution in [0.3, 0.4) is 0 Å². The number of hydrogen-bond donors (Lipinski definition) is 0. The highest BCUT2D eigenvalue weighted by Crippen LogP contribution is 2.39. The molecule has 4 nitrogen and oxygen atoms in total. The molecule has 0 radical (unpaired) electrons. The fourth-order valence-electron chi connectivity index (χ4n) is 6.87. The Morgan fingerprint density at radius 3 is 1.83 bits per heavy atom. The van der Waals surface area contributed by atoms with E-state index in [1.165, 1.54) is 33.4 Å². The number of aromatic nitrogens is 3. The molecule has 0 unspecified atom stereocenters. The molecule has 8 aromatic rings. The largest absolute Gasteiger partial charge is 0.341 e. The van der Waals surface area contributed by atoms with Gasteiger partial charge in [-0.25, -0.2) is 9.97 Å². The maximum atomic E-state index is 5.05. The number of rotatable bonds is 6. The van der Waals surface area contributed by atoms with Gasteiger partial charge < -0.3 is 9.47 Å². The molecule has 0 bridgehead atoms. The monoisotopic (exact) mass is 616 g/mol. The number of hydrogen-bond acceptors (Lipinski definition) is 3. The van der Waals surface area contributed by atoms with Gasteiger partial charge in [0.25, 0.3) is 0 Å². The highest BCUT2D eigenvalue weighted by Gasteiger charge is 2.21. The molecular formula is C44H32N4. The highest BCUT2D eigenvalue weighted by molar-refractivity contribution is 5.84. The summed E-state index contributed by atoms with van der Waals surface area (Å²) in [7, 11) is 0. The first-order chi connectivity index (χ1) is 23.8. The number of fused-ring (bicyclic) bond motifs is 2. The van der Waals surface area contributed by atoms with Crippen LogP contribution >= 0.6 is 0 Å². The molecule has 0 atom stereocenters. The number of benzene rings is 6. The summed E-state index contributed by atoms with van der Waals surface area (Å²) in [6.45, 7) is 0.965. The zero-order valence-electron chi connectivity index (χ0n) is 26.4. The van der Waals surface area contributed by atoms with Gasteiger partial charge in [-0.1, -0.05) is 121 Å². The SMILES string of the molecule is c1ccc(-c2cc(-c3ccccc3)nc(-c3ccc(-c4cc(N5CCc6ccccc65)cc(-n5ccc6ccccc65)c4)cc3)n2)cc1. The van der Waals surface area contributed by atoms with Gasteiger partial charge in [0.1, 0.15) is 0 Å². The van der Waals surface area contributed by atoms with Crippen molar-refractivity contribution in [3.63, 3.8) is 0 Å². The average Bonchev–Trinajstić information content (AvgIpc) is 3.80. The summed E-state index contributed by atoms with van der Waals surface area (Å²) < 4.78 is 2.30. The maximum Gasteiger partial charge on any atom is 0.160 e. The van der Waals surface area contributed by atoms with Crippen molar-refractivity contribution in [3.05, 3.63) is 176 Å². The number of nitrogens with zero attached hydrogens (tertiary/aromatic N) is 4. The van der Waals surface area contributed by atoms with Crippen LogP contribution in [0, 0.1) is 0 Å². The Labute approximate surface area is 280 Å².